The molecule has 1 aromatic carbocycles. The van der Waals surface area contributed by atoms with Crippen LogP contribution in [0.3, 0.4) is 0 Å². The predicted octanol–water partition coefficient (Wildman–Crippen LogP) is 7.60. The third-order valence-electron chi connectivity index (χ3n) is 6.63. The minimum atomic E-state index is -0.0160. The van der Waals surface area contributed by atoms with Crippen molar-refractivity contribution in [2.45, 2.75) is 81.1 Å². The van der Waals surface area contributed by atoms with Gasteiger partial charge in [0.2, 0.25) is 0 Å². The largest absolute Gasteiger partial charge is 0.289 e. The summed E-state index contributed by atoms with van der Waals surface area (Å²) in [5.41, 5.74) is 4.17. The van der Waals surface area contributed by atoms with Gasteiger partial charge in [-0.05, 0) is 56.3 Å². The summed E-state index contributed by atoms with van der Waals surface area (Å²) in [6.07, 6.45) is 6.09. The van der Waals surface area contributed by atoms with Crippen molar-refractivity contribution in [1.82, 2.24) is 0 Å². The summed E-state index contributed by atoms with van der Waals surface area (Å²) >= 11 is 0. The highest BCUT2D eigenvalue weighted by atomic mass is 16.1. The lowest BCUT2D eigenvalue weighted by atomic mass is 9.74. The SMILES string of the molecule is CC1=C(C/C=C(\C)CC(C)(C)CCC(C)C(C)(C)C)C(=O)c2ccccc2C1=O. The summed E-state index contributed by atoms with van der Waals surface area (Å²) < 4.78 is 0. The third-order valence-corrected chi connectivity index (χ3v) is 6.63. The average molecular weight is 395 g/mol. The fraction of sp³-hybridized carbons (Fsp3) is 0.556. The van der Waals surface area contributed by atoms with Gasteiger partial charge in [0, 0.05) is 22.3 Å². The number of Topliss-reactive ketones (excluding diaryl/α,β-unsaturated/α-hetero) is 2. The third kappa shape index (κ3) is 5.78. The normalized spacial score (nSPS) is 16.9. The lowest BCUT2D eigenvalue weighted by molar-refractivity contribution is 0.0973. The molecule has 1 aromatic rings. The van der Waals surface area contributed by atoms with Crippen molar-refractivity contribution in [2.75, 3.05) is 0 Å². The van der Waals surface area contributed by atoms with Crippen molar-refractivity contribution in [3.8, 4) is 0 Å². The molecule has 1 atom stereocenters. The van der Waals surface area contributed by atoms with E-state index in [1.807, 2.05) is 12.1 Å². The number of hydrogen-bond acceptors (Lipinski definition) is 2. The summed E-state index contributed by atoms with van der Waals surface area (Å²) in [7, 11) is 0. The monoisotopic (exact) mass is 394 g/mol. The maximum atomic E-state index is 12.9. The number of allylic oxidation sites excluding steroid dienone is 4. The quantitative estimate of drug-likeness (QED) is 0.446. The Morgan fingerprint density at radius 2 is 1.55 bits per heavy atom. The zero-order valence-electron chi connectivity index (χ0n) is 19.6. The van der Waals surface area contributed by atoms with Gasteiger partial charge in [-0.25, -0.2) is 0 Å². The first-order chi connectivity index (χ1) is 13.3. The van der Waals surface area contributed by atoms with Crippen LogP contribution in [0, 0.1) is 16.7 Å². The number of fused-ring (bicyclic) bond motifs is 1. The Balaban J connectivity index is 2.06. The van der Waals surface area contributed by atoms with Gasteiger partial charge >= 0.3 is 0 Å². The lowest BCUT2D eigenvalue weighted by Crippen LogP contribution is -2.21. The van der Waals surface area contributed by atoms with Crippen LogP contribution in [0.2, 0.25) is 0 Å². The molecule has 158 valence electrons. The molecule has 0 spiro atoms. The summed E-state index contributed by atoms with van der Waals surface area (Å²) in [4.78, 5) is 25.5. The van der Waals surface area contributed by atoms with Gasteiger partial charge in [-0.15, -0.1) is 0 Å². The average Bonchev–Trinajstić information content (AvgIpc) is 2.63. The van der Waals surface area contributed by atoms with Crippen LogP contribution < -0.4 is 0 Å². The number of carbonyl (C=O) groups is 2. The minimum absolute atomic E-state index is 0.0000113. The van der Waals surface area contributed by atoms with Crippen LogP contribution in [0.15, 0.2) is 47.1 Å². The van der Waals surface area contributed by atoms with Gasteiger partial charge in [-0.3, -0.25) is 9.59 Å². The van der Waals surface area contributed by atoms with E-state index in [-0.39, 0.29) is 17.0 Å². The fourth-order valence-corrected chi connectivity index (χ4v) is 4.03. The first-order valence-electron chi connectivity index (χ1n) is 10.9. The van der Waals surface area contributed by atoms with Crippen LogP contribution >= 0.6 is 0 Å². The number of hydrogen-bond donors (Lipinski definition) is 0. The van der Waals surface area contributed by atoms with E-state index in [2.05, 4.69) is 54.5 Å². The lowest BCUT2D eigenvalue weighted by Gasteiger charge is -2.32. The molecule has 0 radical (unpaired) electrons. The molecule has 0 N–H and O–H groups in total. The van der Waals surface area contributed by atoms with Crippen molar-refractivity contribution in [1.29, 1.82) is 0 Å². The Bertz CT molecular complexity index is 844. The van der Waals surface area contributed by atoms with E-state index in [4.69, 9.17) is 0 Å². The van der Waals surface area contributed by atoms with Crippen molar-refractivity contribution < 1.29 is 9.59 Å². The van der Waals surface area contributed by atoms with Crippen LogP contribution in [0.5, 0.6) is 0 Å². The maximum Gasteiger partial charge on any atom is 0.190 e. The molecule has 0 bridgehead atoms. The van der Waals surface area contributed by atoms with Gasteiger partial charge in [0.15, 0.2) is 11.6 Å². The van der Waals surface area contributed by atoms with Gasteiger partial charge in [0.25, 0.3) is 0 Å². The highest BCUT2D eigenvalue weighted by Gasteiger charge is 2.29. The molecule has 0 aliphatic heterocycles. The second-order valence-corrected chi connectivity index (χ2v) is 10.7. The maximum absolute atomic E-state index is 12.9. The Hall–Kier alpha value is -1.96. The van der Waals surface area contributed by atoms with E-state index >= 15 is 0 Å². The first kappa shape index (κ1) is 23.3. The highest BCUT2D eigenvalue weighted by molar-refractivity contribution is 6.26. The van der Waals surface area contributed by atoms with E-state index < -0.39 is 0 Å². The van der Waals surface area contributed by atoms with E-state index in [0.29, 0.717) is 40.0 Å². The zero-order valence-corrected chi connectivity index (χ0v) is 19.6. The summed E-state index contributed by atoms with van der Waals surface area (Å²) in [5, 5.41) is 0. The fourth-order valence-electron chi connectivity index (χ4n) is 4.03. The smallest absolute Gasteiger partial charge is 0.190 e. The summed E-state index contributed by atoms with van der Waals surface area (Å²) in [6, 6.07) is 7.15. The molecule has 0 aromatic heterocycles. The zero-order chi connectivity index (χ0) is 22.0. The minimum Gasteiger partial charge on any atom is -0.289 e. The van der Waals surface area contributed by atoms with Crippen LogP contribution in [0.4, 0.5) is 0 Å². The summed E-state index contributed by atoms with van der Waals surface area (Å²) in [5.74, 6) is 0.669. The Kier molecular flexibility index (Phi) is 7.09. The topological polar surface area (TPSA) is 34.1 Å². The molecule has 0 saturated heterocycles. The van der Waals surface area contributed by atoms with Crippen LogP contribution in [0.1, 0.15) is 102 Å². The molecule has 0 saturated carbocycles. The highest BCUT2D eigenvalue weighted by Crippen LogP contribution is 2.37. The Morgan fingerprint density at radius 3 is 2.10 bits per heavy atom. The molecule has 2 rings (SSSR count). The second-order valence-electron chi connectivity index (χ2n) is 10.7. The standard InChI is InChI=1S/C27H38O2/c1-18(17-27(7,8)16-15-19(2)26(4,5)6)13-14-21-20(3)24(28)22-11-9-10-12-23(22)25(21)29/h9-13,19H,14-17H2,1-8H3/b18-13+. The van der Waals surface area contributed by atoms with Gasteiger partial charge in [0.1, 0.15) is 0 Å². The molecular weight excluding hydrogens is 356 g/mol. The van der Waals surface area contributed by atoms with E-state index in [1.54, 1.807) is 19.1 Å². The van der Waals surface area contributed by atoms with Gasteiger partial charge in [-0.2, -0.15) is 0 Å². The van der Waals surface area contributed by atoms with Gasteiger partial charge in [0.05, 0.1) is 0 Å². The summed E-state index contributed by atoms with van der Waals surface area (Å²) in [6.45, 7) is 17.9. The number of ketones is 2. The molecule has 2 heteroatoms. The van der Waals surface area contributed by atoms with Crippen molar-refractivity contribution in [3.05, 3.63) is 58.2 Å². The Morgan fingerprint density at radius 1 is 1.00 bits per heavy atom. The Labute approximate surface area is 177 Å². The van der Waals surface area contributed by atoms with Gasteiger partial charge in [-0.1, -0.05) is 77.5 Å². The molecule has 0 amide bonds. The van der Waals surface area contributed by atoms with Crippen LogP contribution in [-0.4, -0.2) is 11.6 Å². The molecule has 29 heavy (non-hydrogen) atoms. The molecule has 1 aliphatic carbocycles. The second kappa shape index (κ2) is 8.81. The van der Waals surface area contributed by atoms with E-state index in [1.165, 1.54) is 18.4 Å². The number of rotatable bonds is 7. The molecular formula is C27H38O2. The first-order valence-corrected chi connectivity index (χ1v) is 10.9. The molecule has 2 nitrogen and oxygen atoms in total. The van der Waals surface area contributed by atoms with Crippen molar-refractivity contribution in [3.63, 3.8) is 0 Å². The van der Waals surface area contributed by atoms with Crippen LogP contribution in [-0.2, 0) is 0 Å². The molecule has 0 fully saturated rings. The molecule has 1 unspecified atom stereocenters. The van der Waals surface area contributed by atoms with E-state index in [9.17, 15) is 9.59 Å². The van der Waals surface area contributed by atoms with Crippen molar-refractivity contribution in [2.24, 2.45) is 16.7 Å². The number of benzene rings is 1. The molecule has 1 aliphatic rings. The van der Waals surface area contributed by atoms with Gasteiger partial charge < -0.3 is 0 Å². The van der Waals surface area contributed by atoms with Crippen LogP contribution in [0.25, 0.3) is 0 Å². The molecule has 0 heterocycles. The number of carbonyl (C=O) groups excluding carboxylic acids is 2. The predicted molar refractivity (Wildman–Crippen MR) is 122 cm³/mol. The van der Waals surface area contributed by atoms with E-state index in [0.717, 1.165) is 6.42 Å². The van der Waals surface area contributed by atoms with Crippen molar-refractivity contribution >= 4 is 11.6 Å².